The van der Waals surface area contributed by atoms with E-state index in [1.54, 1.807) is 42.5 Å². The van der Waals surface area contributed by atoms with Crippen LogP contribution in [0.15, 0.2) is 48.6 Å². The summed E-state index contributed by atoms with van der Waals surface area (Å²) in [5.74, 6) is -0.787. The molecule has 1 aliphatic carbocycles. The Morgan fingerprint density at radius 2 is 1.71 bits per heavy atom. The lowest BCUT2D eigenvalue weighted by molar-refractivity contribution is -0.156. The minimum atomic E-state index is -1.60. The number of ether oxygens (including phenoxy) is 3. The molecule has 0 radical (unpaired) electrons. The topological polar surface area (TPSA) is 61.8 Å². The van der Waals surface area contributed by atoms with Crippen molar-refractivity contribution in [2.24, 2.45) is 11.8 Å². The molecule has 1 aromatic carbocycles. The standard InChI is InChI=1S/C25H33ClO5/c1-4-5-6-7-10-17-29-20-12-14-21(15-13-20)30-24(28)22-11-8-9-16-25(22,26)31-23(27)18-19(2)3/h8-9,11-16,19,22H,4-7,10,17-18H2,1-3H3. The average Bonchev–Trinajstić information content (AvgIpc) is 2.71. The first kappa shape index (κ1) is 25.0. The number of allylic oxidation sites excluding steroid dienone is 2. The van der Waals surface area contributed by atoms with Gasteiger partial charge in [-0.2, -0.15) is 0 Å². The van der Waals surface area contributed by atoms with Crippen molar-refractivity contribution in [3.63, 3.8) is 0 Å². The highest BCUT2D eigenvalue weighted by Gasteiger charge is 2.44. The summed E-state index contributed by atoms with van der Waals surface area (Å²) in [4.78, 5) is 24.9. The third-order valence-corrected chi connectivity index (χ3v) is 5.26. The molecule has 0 saturated heterocycles. The zero-order valence-electron chi connectivity index (χ0n) is 18.6. The van der Waals surface area contributed by atoms with Gasteiger partial charge in [-0.05, 0) is 42.7 Å². The third-order valence-electron chi connectivity index (χ3n) is 4.82. The summed E-state index contributed by atoms with van der Waals surface area (Å²) in [6, 6.07) is 6.88. The summed E-state index contributed by atoms with van der Waals surface area (Å²) in [6.45, 7) is 6.67. The van der Waals surface area contributed by atoms with Gasteiger partial charge in [0.05, 0.1) is 6.61 Å². The van der Waals surface area contributed by atoms with Crippen molar-refractivity contribution in [2.75, 3.05) is 6.61 Å². The Morgan fingerprint density at radius 1 is 1.03 bits per heavy atom. The SMILES string of the molecule is CCCCCCCOc1ccc(OC(=O)C2C=CC=CC2(Cl)OC(=O)CC(C)C)cc1. The minimum absolute atomic E-state index is 0.123. The number of alkyl halides is 1. The van der Waals surface area contributed by atoms with Crippen LogP contribution in [0.1, 0.15) is 59.3 Å². The Morgan fingerprint density at radius 3 is 2.39 bits per heavy atom. The molecule has 0 heterocycles. The maximum atomic E-state index is 12.8. The number of halogens is 1. The van der Waals surface area contributed by atoms with Gasteiger partial charge in [-0.3, -0.25) is 9.59 Å². The van der Waals surface area contributed by atoms with Crippen LogP contribution >= 0.6 is 11.6 Å². The molecular formula is C25H33ClO5. The molecule has 0 aromatic heterocycles. The number of hydrogen-bond acceptors (Lipinski definition) is 5. The molecule has 1 aliphatic rings. The van der Waals surface area contributed by atoms with Crippen LogP contribution in [0.3, 0.4) is 0 Å². The van der Waals surface area contributed by atoms with E-state index in [0.29, 0.717) is 12.4 Å². The fourth-order valence-corrected chi connectivity index (χ4v) is 3.48. The predicted octanol–water partition coefficient (Wildman–Crippen LogP) is 6.21. The van der Waals surface area contributed by atoms with Crippen LogP contribution in [0.25, 0.3) is 0 Å². The fraction of sp³-hybridized carbons (Fsp3) is 0.520. The Bertz CT molecular complexity index is 769. The molecule has 2 atom stereocenters. The maximum Gasteiger partial charge on any atom is 0.324 e. The third kappa shape index (κ3) is 8.41. The zero-order chi connectivity index (χ0) is 22.7. The van der Waals surface area contributed by atoms with E-state index in [1.807, 2.05) is 13.8 Å². The average molecular weight is 449 g/mol. The van der Waals surface area contributed by atoms with E-state index in [2.05, 4.69) is 6.92 Å². The Hall–Kier alpha value is -2.27. The number of carbonyl (C=O) groups is 2. The van der Waals surface area contributed by atoms with Crippen LogP contribution in [0.2, 0.25) is 0 Å². The van der Waals surface area contributed by atoms with Crippen LogP contribution in [-0.2, 0) is 14.3 Å². The molecule has 2 rings (SSSR count). The van der Waals surface area contributed by atoms with Gasteiger partial charge in [0.2, 0.25) is 5.06 Å². The molecule has 0 bridgehead atoms. The van der Waals surface area contributed by atoms with Gasteiger partial charge < -0.3 is 14.2 Å². The Labute approximate surface area is 190 Å². The number of hydrogen-bond donors (Lipinski definition) is 0. The Kier molecular flexibility index (Phi) is 10.1. The molecule has 2 unspecified atom stereocenters. The van der Waals surface area contributed by atoms with Crippen molar-refractivity contribution < 1.29 is 23.8 Å². The van der Waals surface area contributed by atoms with E-state index in [4.69, 9.17) is 25.8 Å². The molecule has 0 N–H and O–H groups in total. The van der Waals surface area contributed by atoms with Gasteiger partial charge in [0.25, 0.3) is 0 Å². The van der Waals surface area contributed by atoms with Gasteiger partial charge in [0, 0.05) is 6.42 Å². The highest BCUT2D eigenvalue weighted by molar-refractivity contribution is 6.26. The van der Waals surface area contributed by atoms with E-state index in [1.165, 1.54) is 25.3 Å². The Balaban J connectivity index is 1.90. The first-order chi connectivity index (χ1) is 14.8. The summed E-state index contributed by atoms with van der Waals surface area (Å²) >= 11 is 6.51. The van der Waals surface area contributed by atoms with Crippen LogP contribution in [0, 0.1) is 11.8 Å². The van der Waals surface area contributed by atoms with Crippen molar-refractivity contribution in [1.29, 1.82) is 0 Å². The van der Waals surface area contributed by atoms with Crippen molar-refractivity contribution in [3.05, 3.63) is 48.6 Å². The van der Waals surface area contributed by atoms with Crippen molar-refractivity contribution in [1.82, 2.24) is 0 Å². The molecule has 6 heteroatoms. The van der Waals surface area contributed by atoms with Crippen molar-refractivity contribution in [3.8, 4) is 11.5 Å². The van der Waals surface area contributed by atoms with Gasteiger partial charge in [-0.15, -0.1) is 0 Å². The minimum Gasteiger partial charge on any atom is -0.494 e. The van der Waals surface area contributed by atoms with Crippen LogP contribution in [-0.4, -0.2) is 23.6 Å². The monoisotopic (exact) mass is 448 g/mol. The second kappa shape index (κ2) is 12.6. The number of carbonyl (C=O) groups excluding carboxylic acids is 2. The van der Waals surface area contributed by atoms with E-state index in [0.717, 1.165) is 18.6 Å². The summed E-state index contributed by atoms with van der Waals surface area (Å²) in [6.07, 6.45) is 12.5. The molecule has 1 aromatic rings. The summed E-state index contributed by atoms with van der Waals surface area (Å²) in [7, 11) is 0. The molecule has 170 valence electrons. The predicted molar refractivity (Wildman–Crippen MR) is 122 cm³/mol. The smallest absolute Gasteiger partial charge is 0.324 e. The normalized spacial score (nSPS) is 20.0. The lowest BCUT2D eigenvalue weighted by atomic mass is 9.96. The van der Waals surface area contributed by atoms with Gasteiger partial charge in [-0.1, -0.05) is 76.3 Å². The molecule has 0 aliphatic heterocycles. The maximum absolute atomic E-state index is 12.8. The van der Waals surface area contributed by atoms with Crippen LogP contribution in [0.5, 0.6) is 11.5 Å². The second-order valence-corrected chi connectivity index (χ2v) is 8.74. The van der Waals surface area contributed by atoms with Crippen molar-refractivity contribution in [2.45, 2.75) is 64.4 Å². The number of rotatable bonds is 12. The molecule has 0 spiro atoms. The lowest BCUT2D eigenvalue weighted by Crippen LogP contribution is -2.42. The lowest BCUT2D eigenvalue weighted by Gasteiger charge is -2.31. The zero-order valence-corrected chi connectivity index (χ0v) is 19.4. The largest absolute Gasteiger partial charge is 0.494 e. The van der Waals surface area contributed by atoms with Gasteiger partial charge in [0.1, 0.15) is 17.4 Å². The molecule has 0 saturated carbocycles. The molecule has 0 amide bonds. The number of benzene rings is 1. The fourth-order valence-electron chi connectivity index (χ4n) is 3.16. The summed E-state index contributed by atoms with van der Waals surface area (Å²) in [5, 5.41) is -1.60. The highest BCUT2D eigenvalue weighted by atomic mass is 35.5. The first-order valence-electron chi connectivity index (χ1n) is 11.1. The van der Waals surface area contributed by atoms with E-state index < -0.39 is 22.9 Å². The van der Waals surface area contributed by atoms with Gasteiger partial charge in [0.15, 0.2) is 0 Å². The first-order valence-corrected chi connectivity index (χ1v) is 11.4. The van der Waals surface area contributed by atoms with Gasteiger partial charge in [-0.25, -0.2) is 0 Å². The van der Waals surface area contributed by atoms with E-state index in [-0.39, 0.29) is 12.3 Å². The molecule has 31 heavy (non-hydrogen) atoms. The van der Waals surface area contributed by atoms with Crippen LogP contribution in [0.4, 0.5) is 0 Å². The van der Waals surface area contributed by atoms with E-state index >= 15 is 0 Å². The highest BCUT2D eigenvalue weighted by Crippen LogP contribution is 2.35. The number of unbranched alkanes of at least 4 members (excludes halogenated alkanes) is 4. The summed E-state index contributed by atoms with van der Waals surface area (Å²) < 4.78 is 16.6. The quantitative estimate of drug-likeness (QED) is 0.165. The van der Waals surface area contributed by atoms with Gasteiger partial charge >= 0.3 is 11.9 Å². The number of esters is 2. The molecular weight excluding hydrogens is 416 g/mol. The summed E-state index contributed by atoms with van der Waals surface area (Å²) in [5.41, 5.74) is 0. The molecule has 0 fully saturated rings. The van der Waals surface area contributed by atoms with E-state index in [9.17, 15) is 9.59 Å². The second-order valence-electron chi connectivity index (χ2n) is 8.15. The molecule has 5 nitrogen and oxygen atoms in total. The van der Waals surface area contributed by atoms with Crippen LogP contribution < -0.4 is 9.47 Å². The van der Waals surface area contributed by atoms with Crippen molar-refractivity contribution >= 4 is 23.5 Å².